The molecule has 3 atom stereocenters. The van der Waals surface area contributed by atoms with E-state index in [2.05, 4.69) is 23.3 Å². The minimum absolute atomic E-state index is 0.0527. The van der Waals surface area contributed by atoms with Gasteiger partial charge < -0.3 is 26.4 Å². The Morgan fingerprint density at radius 3 is 2.40 bits per heavy atom. The van der Waals surface area contributed by atoms with E-state index in [9.17, 15) is 19.2 Å². The summed E-state index contributed by atoms with van der Waals surface area (Å²) in [6, 6.07) is -2.67. The molecule has 25 heavy (non-hydrogen) atoms. The molecule has 5 N–H and O–H groups in total. The maximum Gasteiger partial charge on any atom is 0.327 e. The van der Waals surface area contributed by atoms with Crippen LogP contribution in [0.1, 0.15) is 26.7 Å². The Balaban J connectivity index is 2.87. The molecule has 0 spiro atoms. The highest BCUT2D eigenvalue weighted by Gasteiger charge is 2.39. The van der Waals surface area contributed by atoms with Crippen molar-refractivity contribution in [2.45, 2.75) is 44.8 Å². The first-order valence-electron chi connectivity index (χ1n) is 8.16. The van der Waals surface area contributed by atoms with Gasteiger partial charge in [0.05, 0.1) is 6.54 Å². The maximum atomic E-state index is 12.8. The summed E-state index contributed by atoms with van der Waals surface area (Å²) in [4.78, 5) is 49.2. The molecule has 0 radical (unpaired) electrons. The Kier molecular flexibility index (Phi) is 8.17. The van der Waals surface area contributed by atoms with Crippen LogP contribution in [-0.2, 0) is 19.2 Å². The average Bonchev–Trinajstić information content (AvgIpc) is 3.05. The van der Waals surface area contributed by atoms with Crippen molar-refractivity contribution in [1.82, 2.24) is 15.5 Å². The van der Waals surface area contributed by atoms with Crippen molar-refractivity contribution in [1.29, 1.82) is 0 Å². The maximum absolute atomic E-state index is 12.8. The first kappa shape index (κ1) is 21.2. The Morgan fingerprint density at radius 2 is 1.92 bits per heavy atom. The van der Waals surface area contributed by atoms with Gasteiger partial charge in [-0.3, -0.25) is 14.4 Å². The van der Waals surface area contributed by atoms with Crippen molar-refractivity contribution < 1.29 is 24.3 Å². The normalized spacial score (nSPS) is 19.4. The van der Waals surface area contributed by atoms with Crippen molar-refractivity contribution in [3.63, 3.8) is 0 Å². The molecule has 1 aliphatic heterocycles. The monoisotopic (exact) mass is 374 g/mol. The fraction of sp³-hybridized carbons (Fsp3) is 0.733. The van der Waals surface area contributed by atoms with Crippen LogP contribution in [0.5, 0.6) is 0 Å². The largest absolute Gasteiger partial charge is 0.480 e. The predicted octanol–water partition coefficient (Wildman–Crippen LogP) is -1.42. The zero-order valence-corrected chi connectivity index (χ0v) is 15.3. The van der Waals surface area contributed by atoms with Crippen LogP contribution in [0.2, 0.25) is 0 Å². The van der Waals surface area contributed by atoms with E-state index in [1.54, 1.807) is 13.8 Å². The van der Waals surface area contributed by atoms with Crippen LogP contribution in [0.4, 0.5) is 0 Å². The van der Waals surface area contributed by atoms with Crippen molar-refractivity contribution in [2.75, 3.05) is 18.8 Å². The summed E-state index contributed by atoms with van der Waals surface area (Å²) in [6.45, 7) is 3.71. The van der Waals surface area contributed by atoms with E-state index in [0.717, 1.165) is 0 Å². The lowest BCUT2D eigenvalue weighted by Crippen LogP contribution is -2.57. The topological polar surface area (TPSA) is 142 Å². The van der Waals surface area contributed by atoms with Gasteiger partial charge in [0.2, 0.25) is 17.7 Å². The predicted molar refractivity (Wildman–Crippen MR) is 94.0 cm³/mol. The van der Waals surface area contributed by atoms with E-state index in [4.69, 9.17) is 10.8 Å². The molecule has 0 aromatic heterocycles. The van der Waals surface area contributed by atoms with E-state index >= 15 is 0 Å². The number of carboxylic acids is 1. The number of amides is 3. The highest BCUT2D eigenvalue weighted by atomic mass is 32.1. The van der Waals surface area contributed by atoms with Crippen molar-refractivity contribution >= 4 is 36.3 Å². The molecule has 3 amide bonds. The van der Waals surface area contributed by atoms with Crippen LogP contribution in [-0.4, -0.2) is 70.7 Å². The number of likely N-dealkylation sites (tertiary alicyclic amines) is 1. The lowest BCUT2D eigenvalue weighted by Gasteiger charge is -2.30. The minimum atomic E-state index is -1.19. The molecule has 142 valence electrons. The Morgan fingerprint density at radius 1 is 1.28 bits per heavy atom. The summed E-state index contributed by atoms with van der Waals surface area (Å²) in [5.74, 6) is -2.77. The number of nitrogens with one attached hydrogen (secondary N) is 2. The highest BCUT2D eigenvalue weighted by molar-refractivity contribution is 7.80. The molecule has 10 heteroatoms. The van der Waals surface area contributed by atoms with Gasteiger partial charge in [0, 0.05) is 12.3 Å². The Labute approximate surface area is 152 Å². The van der Waals surface area contributed by atoms with E-state index < -0.39 is 35.9 Å². The number of hydrogen-bond acceptors (Lipinski definition) is 6. The Bertz CT molecular complexity index is 528. The molecule has 0 saturated carbocycles. The third kappa shape index (κ3) is 5.60. The van der Waals surface area contributed by atoms with Gasteiger partial charge in [0.25, 0.3) is 0 Å². The van der Waals surface area contributed by atoms with Gasteiger partial charge in [-0.2, -0.15) is 12.6 Å². The van der Waals surface area contributed by atoms with Gasteiger partial charge in [-0.1, -0.05) is 13.8 Å². The van der Waals surface area contributed by atoms with Crippen molar-refractivity contribution in [2.24, 2.45) is 11.7 Å². The molecular weight excluding hydrogens is 348 g/mol. The lowest BCUT2D eigenvalue weighted by molar-refractivity contribution is -0.144. The number of hydrogen-bond donors (Lipinski definition) is 5. The van der Waals surface area contributed by atoms with Crippen LogP contribution in [0, 0.1) is 5.92 Å². The number of aliphatic carboxylic acids is 1. The van der Waals surface area contributed by atoms with Crippen molar-refractivity contribution in [3.8, 4) is 0 Å². The van der Waals surface area contributed by atoms with Gasteiger partial charge in [-0.25, -0.2) is 4.79 Å². The number of carbonyl (C=O) groups is 4. The molecule has 1 rings (SSSR count). The summed E-state index contributed by atoms with van der Waals surface area (Å²) in [5, 5.41) is 14.0. The smallest absolute Gasteiger partial charge is 0.327 e. The summed E-state index contributed by atoms with van der Waals surface area (Å²) in [7, 11) is 0. The summed E-state index contributed by atoms with van der Waals surface area (Å²) < 4.78 is 0. The van der Waals surface area contributed by atoms with E-state index in [1.165, 1.54) is 4.90 Å². The fourth-order valence-electron chi connectivity index (χ4n) is 2.68. The van der Waals surface area contributed by atoms with Crippen LogP contribution in [0.3, 0.4) is 0 Å². The number of thiol groups is 1. The second-order valence-electron chi connectivity index (χ2n) is 6.26. The average molecular weight is 374 g/mol. The van der Waals surface area contributed by atoms with Gasteiger partial charge in [0.1, 0.15) is 18.1 Å². The molecule has 1 heterocycles. The van der Waals surface area contributed by atoms with Gasteiger partial charge in [-0.05, 0) is 18.8 Å². The summed E-state index contributed by atoms with van der Waals surface area (Å²) in [5.41, 5.74) is 5.28. The molecular formula is C15H26N4O5S. The van der Waals surface area contributed by atoms with Gasteiger partial charge in [-0.15, -0.1) is 0 Å². The van der Waals surface area contributed by atoms with E-state index in [-0.39, 0.29) is 24.1 Å². The summed E-state index contributed by atoms with van der Waals surface area (Å²) >= 11 is 3.91. The third-order valence-electron chi connectivity index (χ3n) is 4.07. The fourth-order valence-corrected chi connectivity index (χ4v) is 2.93. The second-order valence-corrected chi connectivity index (χ2v) is 6.63. The quantitative estimate of drug-likeness (QED) is 0.330. The zero-order valence-electron chi connectivity index (χ0n) is 14.4. The first-order chi connectivity index (χ1) is 11.7. The molecule has 9 nitrogen and oxygen atoms in total. The molecule has 0 aromatic carbocycles. The van der Waals surface area contributed by atoms with Crippen LogP contribution in [0.15, 0.2) is 0 Å². The van der Waals surface area contributed by atoms with Gasteiger partial charge in [0.15, 0.2) is 0 Å². The number of nitrogens with two attached hydrogens (primary N) is 1. The second kappa shape index (κ2) is 9.62. The zero-order chi connectivity index (χ0) is 19.1. The molecule has 0 aliphatic carbocycles. The minimum Gasteiger partial charge on any atom is -0.480 e. The summed E-state index contributed by atoms with van der Waals surface area (Å²) in [6.07, 6.45) is 1.06. The molecule has 3 unspecified atom stereocenters. The number of carboxylic acid groups (broad SMARTS) is 1. The third-order valence-corrected chi connectivity index (χ3v) is 4.44. The molecule has 0 bridgehead atoms. The molecule has 1 saturated heterocycles. The van der Waals surface area contributed by atoms with Crippen molar-refractivity contribution in [3.05, 3.63) is 0 Å². The van der Waals surface area contributed by atoms with E-state index in [1.807, 2.05) is 0 Å². The highest BCUT2D eigenvalue weighted by Crippen LogP contribution is 2.20. The number of rotatable bonds is 8. The first-order valence-corrected chi connectivity index (χ1v) is 8.80. The molecule has 0 aromatic rings. The SMILES string of the molecule is CC(C)C(NC(=O)CN)C(=O)N1CCCC1C(=O)NC(CS)C(=O)O. The molecule has 1 aliphatic rings. The number of carbonyl (C=O) groups excluding carboxylic acids is 3. The number of nitrogens with zero attached hydrogens (tertiary/aromatic N) is 1. The van der Waals surface area contributed by atoms with Gasteiger partial charge >= 0.3 is 5.97 Å². The van der Waals surface area contributed by atoms with Crippen LogP contribution in [0.25, 0.3) is 0 Å². The Hall–Kier alpha value is -1.81. The standard InChI is InChI=1S/C15H26N4O5S/c1-8(2)12(18-11(20)6-16)14(22)19-5-3-4-10(19)13(21)17-9(7-25)15(23)24/h8-10,12,25H,3-7,16H2,1-2H3,(H,17,21)(H,18,20)(H,23,24). The van der Waals surface area contributed by atoms with Crippen LogP contribution < -0.4 is 16.4 Å². The van der Waals surface area contributed by atoms with Crippen LogP contribution >= 0.6 is 12.6 Å². The molecule has 1 fully saturated rings. The van der Waals surface area contributed by atoms with E-state index in [0.29, 0.717) is 19.4 Å². The lowest BCUT2D eigenvalue weighted by atomic mass is 10.0.